The van der Waals surface area contributed by atoms with Crippen molar-refractivity contribution in [2.24, 2.45) is 11.3 Å². The standard InChI is InChI=1S/C31H37N5O4S/c1-20(2)15-24-18-40-27-17-26(28-21(3)9-7-10-22(28)4)33-30(34-27)35-41(38,39)25-12-8-11-23(16-25)29(37)36(24)14-13-31(5,6)19-32/h7-12,16-17,20,24H,13-15,18H2,1-6H3,(H,33,34,35)/t24-/m1/s1. The van der Waals surface area contributed by atoms with Gasteiger partial charge in [-0.1, -0.05) is 38.1 Å². The molecule has 9 nitrogen and oxygen atoms in total. The largest absolute Gasteiger partial charge is 0.475 e. The van der Waals surface area contributed by atoms with E-state index in [1.165, 1.54) is 12.1 Å². The highest BCUT2D eigenvalue weighted by Crippen LogP contribution is 2.30. The van der Waals surface area contributed by atoms with Gasteiger partial charge in [0, 0.05) is 23.7 Å². The van der Waals surface area contributed by atoms with Crippen molar-refractivity contribution in [3.05, 3.63) is 65.2 Å². The highest BCUT2D eigenvalue weighted by atomic mass is 32.2. The Morgan fingerprint density at radius 1 is 1.12 bits per heavy atom. The molecule has 0 unspecified atom stereocenters. The molecule has 0 fully saturated rings. The van der Waals surface area contributed by atoms with Crippen LogP contribution in [-0.2, 0) is 10.0 Å². The minimum Gasteiger partial charge on any atom is -0.475 e. The smallest absolute Gasteiger partial charge is 0.264 e. The Morgan fingerprint density at radius 3 is 2.46 bits per heavy atom. The molecule has 4 bridgehead atoms. The first-order valence-electron chi connectivity index (χ1n) is 13.7. The van der Waals surface area contributed by atoms with Crippen molar-refractivity contribution >= 4 is 21.9 Å². The second-order valence-corrected chi connectivity index (χ2v) is 13.3. The molecule has 2 aromatic carbocycles. The summed E-state index contributed by atoms with van der Waals surface area (Å²) in [7, 11) is -4.14. The molecule has 3 aromatic rings. The minimum atomic E-state index is -4.14. The number of nitrogens with one attached hydrogen (secondary N) is 1. The Morgan fingerprint density at radius 2 is 1.80 bits per heavy atom. The van der Waals surface area contributed by atoms with Crippen molar-refractivity contribution < 1.29 is 17.9 Å². The summed E-state index contributed by atoms with van der Waals surface area (Å²) >= 11 is 0. The van der Waals surface area contributed by atoms with Crippen LogP contribution in [0.3, 0.4) is 0 Å². The lowest BCUT2D eigenvalue weighted by Gasteiger charge is -2.34. The number of carbonyl (C=O) groups excluding carboxylic acids is 1. The van der Waals surface area contributed by atoms with Gasteiger partial charge in [0.1, 0.15) is 6.61 Å². The summed E-state index contributed by atoms with van der Waals surface area (Å²) < 4.78 is 35.6. The van der Waals surface area contributed by atoms with Crippen LogP contribution < -0.4 is 9.46 Å². The van der Waals surface area contributed by atoms with Crippen molar-refractivity contribution in [2.75, 3.05) is 17.9 Å². The van der Waals surface area contributed by atoms with Gasteiger partial charge in [-0.2, -0.15) is 10.2 Å². The number of aryl methyl sites for hydroxylation is 2. The summed E-state index contributed by atoms with van der Waals surface area (Å²) in [5, 5.41) is 9.62. The van der Waals surface area contributed by atoms with E-state index in [1.54, 1.807) is 23.1 Å². The van der Waals surface area contributed by atoms with Crippen LogP contribution in [0, 0.1) is 36.5 Å². The average Bonchev–Trinajstić information content (AvgIpc) is 2.90. The summed E-state index contributed by atoms with van der Waals surface area (Å²) in [6.07, 6.45) is 1.08. The fourth-order valence-electron chi connectivity index (χ4n) is 4.95. The van der Waals surface area contributed by atoms with Crippen molar-refractivity contribution in [2.45, 2.75) is 65.3 Å². The zero-order chi connectivity index (χ0) is 29.9. The number of nitrogens with zero attached hydrogens (tertiary/aromatic N) is 4. The van der Waals surface area contributed by atoms with Crippen LogP contribution in [-0.4, -0.2) is 48.4 Å². The summed E-state index contributed by atoms with van der Waals surface area (Å²) in [6, 6.07) is 15.5. The normalized spacial score (nSPS) is 17.0. The van der Waals surface area contributed by atoms with Gasteiger partial charge in [0.2, 0.25) is 11.8 Å². The number of hydrogen-bond donors (Lipinski definition) is 1. The summed E-state index contributed by atoms with van der Waals surface area (Å²) in [4.78, 5) is 24.6. The first-order valence-corrected chi connectivity index (χ1v) is 15.2. The van der Waals surface area contributed by atoms with Gasteiger partial charge in [-0.05, 0) is 75.8 Å². The Labute approximate surface area is 242 Å². The molecule has 4 rings (SSSR count). The maximum absolute atomic E-state index is 14.0. The van der Waals surface area contributed by atoms with Crippen LogP contribution >= 0.6 is 0 Å². The van der Waals surface area contributed by atoms with Crippen molar-refractivity contribution in [3.8, 4) is 23.2 Å². The van der Waals surface area contributed by atoms with Crippen LogP contribution in [0.2, 0.25) is 0 Å². The fourth-order valence-corrected chi connectivity index (χ4v) is 5.94. The Hall–Kier alpha value is -3.97. The fraction of sp³-hybridized carbons (Fsp3) is 0.419. The van der Waals surface area contributed by atoms with E-state index in [9.17, 15) is 18.5 Å². The van der Waals surface area contributed by atoms with Crippen LogP contribution in [0.25, 0.3) is 11.3 Å². The Balaban J connectivity index is 1.88. The van der Waals surface area contributed by atoms with Crippen molar-refractivity contribution in [1.82, 2.24) is 14.9 Å². The lowest BCUT2D eigenvalue weighted by molar-refractivity contribution is 0.0553. The van der Waals surface area contributed by atoms with Gasteiger partial charge in [0.25, 0.3) is 15.9 Å². The average molecular weight is 576 g/mol. The maximum Gasteiger partial charge on any atom is 0.264 e. The third kappa shape index (κ3) is 7.03. The summed E-state index contributed by atoms with van der Waals surface area (Å²) in [5.41, 5.74) is 2.92. The van der Waals surface area contributed by atoms with Crippen molar-refractivity contribution in [1.29, 1.82) is 5.26 Å². The number of hydrogen-bond acceptors (Lipinski definition) is 7. The lowest BCUT2D eigenvalue weighted by atomic mass is 9.90. The van der Waals surface area contributed by atoms with Crippen LogP contribution in [0.15, 0.2) is 53.4 Å². The molecule has 1 aromatic heterocycles. The molecule has 0 aliphatic carbocycles. The number of benzene rings is 2. The van der Waals surface area contributed by atoms with Gasteiger partial charge in [-0.3, -0.25) is 4.79 Å². The topological polar surface area (TPSA) is 125 Å². The number of sulfonamides is 1. The number of carbonyl (C=O) groups is 1. The Kier molecular flexibility index (Phi) is 8.69. The molecule has 1 aliphatic rings. The lowest BCUT2D eigenvalue weighted by Crippen LogP contribution is -2.46. The van der Waals surface area contributed by atoms with E-state index < -0.39 is 15.4 Å². The number of aromatic nitrogens is 2. The molecule has 1 aliphatic heterocycles. The molecule has 0 radical (unpaired) electrons. The number of rotatable bonds is 6. The van der Waals surface area contributed by atoms with E-state index in [0.717, 1.165) is 16.7 Å². The van der Waals surface area contributed by atoms with Gasteiger partial charge in [-0.15, -0.1) is 0 Å². The van der Waals surface area contributed by atoms with E-state index in [4.69, 9.17) is 4.74 Å². The molecule has 1 amide bonds. The molecule has 216 valence electrons. The quantitative estimate of drug-likeness (QED) is 0.397. The number of fused-ring (bicyclic) bond motifs is 4. The molecule has 1 atom stereocenters. The number of ether oxygens (including phenoxy) is 1. The van der Waals surface area contributed by atoms with E-state index in [-0.39, 0.29) is 46.8 Å². The molecule has 0 spiro atoms. The van der Waals surface area contributed by atoms with E-state index >= 15 is 0 Å². The minimum absolute atomic E-state index is 0.0798. The SMILES string of the molecule is Cc1cccc(C)c1-c1cc2nc(n1)NS(=O)(=O)c1cccc(c1)C(=O)N(CCC(C)(C)C#N)[C@H](CC(C)C)CO2. The summed E-state index contributed by atoms with van der Waals surface area (Å²) in [6.45, 7) is 12.2. The number of anilines is 1. The molecule has 1 N–H and O–H groups in total. The zero-order valence-corrected chi connectivity index (χ0v) is 25.2. The molecule has 41 heavy (non-hydrogen) atoms. The monoisotopic (exact) mass is 575 g/mol. The second-order valence-electron chi connectivity index (χ2n) is 11.7. The predicted molar refractivity (Wildman–Crippen MR) is 158 cm³/mol. The van der Waals surface area contributed by atoms with E-state index in [2.05, 4.69) is 34.6 Å². The van der Waals surface area contributed by atoms with Gasteiger partial charge in [0.05, 0.1) is 28.1 Å². The van der Waals surface area contributed by atoms with Crippen LogP contribution in [0.5, 0.6) is 5.88 Å². The van der Waals surface area contributed by atoms with E-state index in [0.29, 0.717) is 25.1 Å². The van der Waals surface area contributed by atoms with Gasteiger partial charge >= 0.3 is 0 Å². The molecule has 2 heterocycles. The number of amides is 1. The van der Waals surface area contributed by atoms with Crippen LogP contribution in [0.1, 0.15) is 62.0 Å². The highest BCUT2D eigenvalue weighted by molar-refractivity contribution is 7.92. The van der Waals surface area contributed by atoms with Crippen LogP contribution in [0.4, 0.5) is 5.95 Å². The van der Waals surface area contributed by atoms with E-state index in [1.807, 2.05) is 45.9 Å². The second kappa shape index (κ2) is 11.9. The number of nitriles is 1. The van der Waals surface area contributed by atoms with Gasteiger partial charge in [-0.25, -0.2) is 18.1 Å². The first-order chi connectivity index (χ1) is 19.3. The van der Waals surface area contributed by atoms with Gasteiger partial charge in [0.15, 0.2) is 0 Å². The Bertz CT molecular complexity index is 1570. The van der Waals surface area contributed by atoms with Crippen molar-refractivity contribution in [3.63, 3.8) is 0 Å². The molecule has 0 saturated heterocycles. The maximum atomic E-state index is 14.0. The third-order valence-electron chi connectivity index (χ3n) is 7.21. The predicted octanol–water partition coefficient (Wildman–Crippen LogP) is 5.75. The van der Waals surface area contributed by atoms with Gasteiger partial charge < -0.3 is 9.64 Å². The zero-order valence-electron chi connectivity index (χ0n) is 24.4. The first kappa shape index (κ1) is 30.0. The molecule has 10 heteroatoms. The molecule has 0 saturated carbocycles. The summed E-state index contributed by atoms with van der Waals surface area (Å²) in [5.74, 6) is -0.0135. The highest BCUT2D eigenvalue weighted by Gasteiger charge is 2.30. The molecular formula is C31H37N5O4S. The third-order valence-corrected chi connectivity index (χ3v) is 8.53. The molecular weight excluding hydrogens is 538 g/mol.